The summed E-state index contributed by atoms with van der Waals surface area (Å²) in [6.07, 6.45) is 3.72. The summed E-state index contributed by atoms with van der Waals surface area (Å²) in [5.41, 5.74) is 0.800. The number of anilines is 1. The van der Waals surface area contributed by atoms with Crippen LogP contribution in [-0.4, -0.2) is 26.3 Å². The van der Waals surface area contributed by atoms with Gasteiger partial charge in [-0.05, 0) is 26.0 Å². The highest BCUT2D eigenvalue weighted by Crippen LogP contribution is 2.14. The second kappa shape index (κ2) is 4.74. The number of aromatic nitrogens is 4. The van der Waals surface area contributed by atoms with Crippen LogP contribution in [-0.2, 0) is 6.54 Å². The maximum atomic E-state index is 4.27. The van der Waals surface area contributed by atoms with E-state index in [0.29, 0.717) is 0 Å². The first kappa shape index (κ1) is 10.6. The second-order valence-electron chi connectivity index (χ2n) is 3.37. The van der Waals surface area contributed by atoms with Gasteiger partial charge in [-0.3, -0.25) is 0 Å². The molecule has 0 bridgehead atoms. The standard InChI is InChI=1S/C11H15N5/c1-3-12-10-6-5-9(14-15-10)11-13-7-8-16(11)4-2/h5-8H,3-4H2,1-2H3,(H,12,15). The van der Waals surface area contributed by atoms with Crippen molar-refractivity contribution in [2.45, 2.75) is 20.4 Å². The van der Waals surface area contributed by atoms with Gasteiger partial charge in [-0.15, -0.1) is 10.2 Å². The van der Waals surface area contributed by atoms with Crippen LogP contribution in [0.1, 0.15) is 13.8 Å². The van der Waals surface area contributed by atoms with Gasteiger partial charge in [0.05, 0.1) is 0 Å². The van der Waals surface area contributed by atoms with Crippen LogP contribution in [0.5, 0.6) is 0 Å². The number of hydrogen-bond acceptors (Lipinski definition) is 4. The molecule has 0 atom stereocenters. The maximum Gasteiger partial charge on any atom is 0.160 e. The van der Waals surface area contributed by atoms with Gasteiger partial charge < -0.3 is 9.88 Å². The molecular formula is C11H15N5. The molecule has 5 nitrogen and oxygen atoms in total. The van der Waals surface area contributed by atoms with Crippen LogP contribution >= 0.6 is 0 Å². The Bertz CT molecular complexity index is 446. The van der Waals surface area contributed by atoms with E-state index in [1.807, 2.05) is 29.8 Å². The largest absolute Gasteiger partial charge is 0.369 e. The summed E-state index contributed by atoms with van der Waals surface area (Å²) in [6.45, 7) is 5.83. The Balaban J connectivity index is 2.27. The van der Waals surface area contributed by atoms with E-state index in [0.717, 1.165) is 30.4 Å². The lowest BCUT2D eigenvalue weighted by molar-refractivity contribution is 0.765. The van der Waals surface area contributed by atoms with Crippen LogP contribution in [0.3, 0.4) is 0 Å². The topological polar surface area (TPSA) is 55.6 Å². The van der Waals surface area contributed by atoms with Crippen molar-refractivity contribution in [1.29, 1.82) is 0 Å². The Morgan fingerprint density at radius 2 is 2.12 bits per heavy atom. The molecule has 2 heterocycles. The van der Waals surface area contributed by atoms with Crippen LogP contribution in [0.15, 0.2) is 24.5 Å². The Morgan fingerprint density at radius 3 is 2.75 bits per heavy atom. The van der Waals surface area contributed by atoms with Crippen molar-refractivity contribution < 1.29 is 0 Å². The molecular weight excluding hydrogens is 202 g/mol. The van der Waals surface area contributed by atoms with E-state index >= 15 is 0 Å². The first-order valence-electron chi connectivity index (χ1n) is 5.44. The van der Waals surface area contributed by atoms with E-state index in [-0.39, 0.29) is 0 Å². The van der Waals surface area contributed by atoms with E-state index in [9.17, 15) is 0 Å². The second-order valence-corrected chi connectivity index (χ2v) is 3.37. The molecule has 0 spiro atoms. The molecule has 0 radical (unpaired) electrons. The lowest BCUT2D eigenvalue weighted by Gasteiger charge is -2.04. The summed E-state index contributed by atoms with van der Waals surface area (Å²) in [5.74, 6) is 1.65. The number of nitrogens with one attached hydrogen (secondary N) is 1. The Kier molecular flexibility index (Phi) is 3.14. The predicted molar refractivity (Wildman–Crippen MR) is 63.1 cm³/mol. The molecule has 0 fully saturated rings. The van der Waals surface area contributed by atoms with Gasteiger partial charge in [-0.2, -0.15) is 0 Å². The molecule has 0 unspecified atom stereocenters. The van der Waals surface area contributed by atoms with Crippen LogP contribution < -0.4 is 5.32 Å². The number of nitrogens with zero attached hydrogens (tertiary/aromatic N) is 4. The highest BCUT2D eigenvalue weighted by molar-refractivity contribution is 5.51. The van der Waals surface area contributed by atoms with Crippen molar-refractivity contribution in [2.75, 3.05) is 11.9 Å². The molecule has 2 rings (SSSR count). The molecule has 0 saturated carbocycles. The third kappa shape index (κ3) is 2.03. The third-order valence-electron chi connectivity index (χ3n) is 2.31. The fourth-order valence-electron chi connectivity index (χ4n) is 1.52. The minimum absolute atomic E-state index is 0.792. The molecule has 0 aliphatic carbocycles. The zero-order valence-corrected chi connectivity index (χ0v) is 9.51. The normalized spacial score (nSPS) is 10.4. The van der Waals surface area contributed by atoms with E-state index in [4.69, 9.17) is 0 Å². The quantitative estimate of drug-likeness (QED) is 0.848. The summed E-state index contributed by atoms with van der Waals surface area (Å²) in [5, 5.41) is 11.3. The number of aryl methyl sites for hydroxylation is 1. The fraction of sp³-hybridized carbons (Fsp3) is 0.364. The lowest BCUT2D eigenvalue weighted by Crippen LogP contribution is -2.02. The minimum Gasteiger partial charge on any atom is -0.369 e. The van der Waals surface area contributed by atoms with Crippen LogP contribution in [0, 0.1) is 0 Å². The Hall–Kier alpha value is -1.91. The number of hydrogen-bond donors (Lipinski definition) is 1. The van der Waals surface area contributed by atoms with Gasteiger partial charge >= 0.3 is 0 Å². The number of rotatable bonds is 4. The van der Waals surface area contributed by atoms with Crippen molar-refractivity contribution >= 4 is 5.82 Å². The lowest BCUT2D eigenvalue weighted by atomic mass is 10.3. The van der Waals surface area contributed by atoms with Crippen molar-refractivity contribution in [3.8, 4) is 11.5 Å². The summed E-state index contributed by atoms with van der Waals surface area (Å²) in [6, 6.07) is 3.85. The average molecular weight is 217 g/mol. The van der Waals surface area contributed by atoms with Gasteiger partial charge in [0.25, 0.3) is 0 Å². The Labute approximate surface area is 94.5 Å². The molecule has 0 saturated heterocycles. The molecule has 5 heteroatoms. The van der Waals surface area contributed by atoms with Crippen LogP contribution in [0.4, 0.5) is 5.82 Å². The van der Waals surface area contributed by atoms with Gasteiger partial charge in [0.2, 0.25) is 0 Å². The van der Waals surface area contributed by atoms with Crippen molar-refractivity contribution in [2.24, 2.45) is 0 Å². The number of imidazole rings is 1. The molecule has 0 aliphatic heterocycles. The Morgan fingerprint density at radius 1 is 1.25 bits per heavy atom. The van der Waals surface area contributed by atoms with Gasteiger partial charge in [0.15, 0.2) is 5.82 Å². The molecule has 0 amide bonds. The summed E-state index contributed by atoms with van der Waals surface area (Å²) < 4.78 is 2.04. The summed E-state index contributed by atoms with van der Waals surface area (Å²) in [4.78, 5) is 4.27. The van der Waals surface area contributed by atoms with Crippen molar-refractivity contribution in [1.82, 2.24) is 19.7 Å². The summed E-state index contributed by atoms with van der Waals surface area (Å²) in [7, 11) is 0. The van der Waals surface area contributed by atoms with Crippen molar-refractivity contribution in [3.63, 3.8) is 0 Å². The molecule has 2 aromatic rings. The average Bonchev–Trinajstić information content (AvgIpc) is 2.78. The molecule has 16 heavy (non-hydrogen) atoms. The smallest absolute Gasteiger partial charge is 0.160 e. The molecule has 0 aliphatic rings. The SMILES string of the molecule is CCNc1ccc(-c2nccn2CC)nn1. The van der Waals surface area contributed by atoms with Crippen LogP contribution in [0.2, 0.25) is 0 Å². The van der Waals surface area contributed by atoms with Gasteiger partial charge in [0.1, 0.15) is 11.5 Å². The molecule has 1 N–H and O–H groups in total. The zero-order chi connectivity index (χ0) is 11.4. The highest BCUT2D eigenvalue weighted by atomic mass is 15.2. The molecule has 0 aromatic carbocycles. The van der Waals surface area contributed by atoms with E-state index in [1.54, 1.807) is 6.20 Å². The van der Waals surface area contributed by atoms with Gasteiger partial charge in [-0.1, -0.05) is 0 Å². The van der Waals surface area contributed by atoms with E-state index in [2.05, 4.69) is 27.4 Å². The minimum atomic E-state index is 0.792. The first-order chi connectivity index (χ1) is 7.85. The fourth-order valence-corrected chi connectivity index (χ4v) is 1.52. The van der Waals surface area contributed by atoms with Crippen LogP contribution in [0.25, 0.3) is 11.5 Å². The van der Waals surface area contributed by atoms with E-state index < -0.39 is 0 Å². The summed E-state index contributed by atoms with van der Waals surface area (Å²) >= 11 is 0. The van der Waals surface area contributed by atoms with Crippen molar-refractivity contribution in [3.05, 3.63) is 24.5 Å². The monoisotopic (exact) mass is 217 g/mol. The first-order valence-corrected chi connectivity index (χ1v) is 5.44. The van der Waals surface area contributed by atoms with Gasteiger partial charge in [-0.25, -0.2) is 4.98 Å². The van der Waals surface area contributed by atoms with Gasteiger partial charge in [0, 0.05) is 25.5 Å². The highest BCUT2D eigenvalue weighted by Gasteiger charge is 2.06. The maximum absolute atomic E-state index is 4.27. The zero-order valence-electron chi connectivity index (χ0n) is 9.51. The third-order valence-corrected chi connectivity index (χ3v) is 2.31. The molecule has 84 valence electrons. The molecule has 2 aromatic heterocycles. The van der Waals surface area contributed by atoms with E-state index in [1.165, 1.54) is 0 Å². The predicted octanol–water partition coefficient (Wildman–Crippen LogP) is 1.79.